The van der Waals surface area contributed by atoms with Gasteiger partial charge >= 0.3 is 6.09 Å². The third-order valence-electron chi connectivity index (χ3n) is 5.98. The molecule has 0 saturated carbocycles. The van der Waals surface area contributed by atoms with Gasteiger partial charge in [0.2, 0.25) is 0 Å². The Kier molecular flexibility index (Phi) is 5.45. The van der Waals surface area contributed by atoms with Crippen molar-refractivity contribution in [2.75, 3.05) is 13.2 Å². The van der Waals surface area contributed by atoms with E-state index < -0.39 is 5.60 Å². The van der Waals surface area contributed by atoms with Crippen LogP contribution in [0.4, 0.5) is 4.79 Å². The maximum absolute atomic E-state index is 13.3. The first-order valence-corrected chi connectivity index (χ1v) is 10.8. The zero-order chi connectivity index (χ0) is 20.6. The molecule has 0 aromatic heterocycles. The number of nitrogens with zero attached hydrogens (tertiary/aromatic N) is 1. The molecule has 2 saturated heterocycles. The number of benzene rings is 1. The molecule has 6 heteroatoms. The topological polar surface area (TPSA) is 65.1 Å². The lowest BCUT2D eigenvalue weighted by Crippen LogP contribution is -2.56. The molecular weight excluding hydrogens is 370 g/mol. The van der Waals surface area contributed by atoms with Crippen LogP contribution in [0.5, 0.6) is 11.5 Å². The minimum atomic E-state index is -0.512. The molecule has 1 amide bonds. The monoisotopic (exact) mass is 401 g/mol. The van der Waals surface area contributed by atoms with Crippen molar-refractivity contribution < 1.29 is 23.8 Å². The van der Waals surface area contributed by atoms with Crippen LogP contribution in [0.25, 0.3) is 0 Å². The molecule has 0 N–H and O–H groups in total. The molecule has 4 rings (SSSR count). The smallest absolute Gasteiger partial charge is 0.410 e. The molecule has 2 unspecified atom stereocenters. The van der Waals surface area contributed by atoms with Gasteiger partial charge in [0.15, 0.2) is 17.3 Å². The summed E-state index contributed by atoms with van der Waals surface area (Å²) in [5.41, 5.74) is 0.158. The molecule has 29 heavy (non-hydrogen) atoms. The van der Waals surface area contributed by atoms with Crippen LogP contribution in [0.1, 0.15) is 69.7 Å². The van der Waals surface area contributed by atoms with Crippen molar-refractivity contribution in [1.82, 2.24) is 4.90 Å². The fourth-order valence-electron chi connectivity index (χ4n) is 4.76. The Morgan fingerprint density at radius 1 is 1.00 bits per heavy atom. The SMILES string of the molecule is CC(C)(C)OC(=O)N1C2CCCC1CC(C(=O)c1ccc3c(c1)OCCCO3)C2. The third kappa shape index (κ3) is 4.36. The number of amides is 1. The van der Waals surface area contributed by atoms with Gasteiger partial charge in [0.25, 0.3) is 0 Å². The number of carbonyl (C=O) groups excluding carboxylic acids is 2. The summed E-state index contributed by atoms with van der Waals surface area (Å²) in [7, 11) is 0. The minimum Gasteiger partial charge on any atom is -0.490 e. The van der Waals surface area contributed by atoms with Crippen LogP contribution in [0.15, 0.2) is 18.2 Å². The predicted molar refractivity (Wildman–Crippen MR) is 109 cm³/mol. The zero-order valence-corrected chi connectivity index (χ0v) is 17.6. The van der Waals surface area contributed by atoms with Crippen LogP contribution >= 0.6 is 0 Å². The highest BCUT2D eigenvalue weighted by atomic mass is 16.6. The average Bonchev–Trinajstić information content (AvgIpc) is 2.89. The number of piperidine rings is 2. The molecule has 1 aromatic rings. The fourth-order valence-corrected chi connectivity index (χ4v) is 4.76. The summed E-state index contributed by atoms with van der Waals surface area (Å²) < 4.78 is 17.1. The first-order valence-electron chi connectivity index (χ1n) is 10.8. The Bertz CT molecular complexity index is 770. The number of carbonyl (C=O) groups is 2. The van der Waals surface area contributed by atoms with Gasteiger partial charge < -0.3 is 19.1 Å². The van der Waals surface area contributed by atoms with E-state index in [0.29, 0.717) is 43.1 Å². The first kappa shape index (κ1) is 20.0. The lowest BCUT2D eigenvalue weighted by molar-refractivity contribution is -0.0260. The van der Waals surface area contributed by atoms with Crippen LogP contribution in [0.3, 0.4) is 0 Å². The van der Waals surface area contributed by atoms with Crippen molar-refractivity contribution in [3.63, 3.8) is 0 Å². The number of ether oxygens (including phenoxy) is 3. The highest BCUT2D eigenvalue weighted by Gasteiger charge is 2.44. The van der Waals surface area contributed by atoms with E-state index in [2.05, 4.69) is 0 Å². The van der Waals surface area contributed by atoms with Crippen LogP contribution in [-0.4, -0.2) is 47.7 Å². The first-order chi connectivity index (χ1) is 13.8. The molecule has 3 aliphatic heterocycles. The molecule has 0 aliphatic carbocycles. The van der Waals surface area contributed by atoms with E-state index in [4.69, 9.17) is 14.2 Å². The number of ketones is 1. The molecule has 2 fully saturated rings. The molecule has 2 bridgehead atoms. The van der Waals surface area contributed by atoms with Crippen molar-refractivity contribution in [2.24, 2.45) is 5.92 Å². The summed E-state index contributed by atoms with van der Waals surface area (Å²) in [4.78, 5) is 27.9. The van der Waals surface area contributed by atoms with Gasteiger partial charge in [0.05, 0.1) is 13.2 Å². The summed E-state index contributed by atoms with van der Waals surface area (Å²) in [5.74, 6) is 1.42. The highest BCUT2D eigenvalue weighted by Crippen LogP contribution is 2.40. The Morgan fingerprint density at radius 3 is 2.31 bits per heavy atom. The Balaban J connectivity index is 1.49. The number of fused-ring (bicyclic) bond motifs is 3. The van der Waals surface area contributed by atoms with E-state index in [1.54, 1.807) is 0 Å². The molecule has 1 aromatic carbocycles. The predicted octanol–water partition coefficient (Wildman–Crippen LogP) is 4.60. The normalized spacial score (nSPS) is 26.4. The highest BCUT2D eigenvalue weighted by molar-refractivity contribution is 5.98. The van der Waals surface area contributed by atoms with Gasteiger partial charge in [-0.25, -0.2) is 4.79 Å². The molecule has 6 nitrogen and oxygen atoms in total. The summed E-state index contributed by atoms with van der Waals surface area (Å²) in [6.07, 6.45) is 4.95. The Morgan fingerprint density at radius 2 is 1.66 bits per heavy atom. The van der Waals surface area contributed by atoms with Gasteiger partial charge in [-0.3, -0.25) is 4.79 Å². The fraction of sp³-hybridized carbons (Fsp3) is 0.652. The van der Waals surface area contributed by atoms with Gasteiger partial charge in [-0.2, -0.15) is 0 Å². The number of Topliss-reactive ketones (excluding diaryl/α,β-unsaturated/α-hetero) is 1. The van der Waals surface area contributed by atoms with Gasteiger partial charge in [-0.15, -0.1) is 0 Å². The van der Waals surface area contributed by atoms with Gasteiger partial charge in [0, 0.05) is 30.0 Å². The molecular formula is C23H31NO5. The summed E-state index contributed by atoms with van der Waals surface area (Å²) >= 11 is 0. The number of rotatable bonds is 2. The number of hydrogen-bond donors (Lipinski definition) is 0. The standard InChI is InChI=1S/C23H31NO5/c1-23(2,3)29-22(26)24-17-6-4-7-18(24)13-16(12-17)21(25)15-8-9-19-20(14-15)28-11-5-10-27-19/h8-9,14,16-18H,4-7,10-13H2,1-3H3. The third-order valence-corrected chi connectivity index (χ3v) is 5.98. The van der Waals surface area contributed by atoms with Crippen molar-refractivity contribution >= 4 is 11.9 Å². The van der Waals surface area contributed by atoms with Gasteiger partial charge in [-0.1, -0.05) is 0 Å². The second kappa shape index (κ2) is 7.88. The average molecular weight is 402 g/mol. The summed E-state index contributed by atoms with van der Waals surface area (Å²) in [5, 5.41) is 0. The van der Waals surface area contributed by atoms with E-state index in [1.807, 2.05) is 43.9 Å². The van der Waals surface area contributed by atoms with E-state index in [0.717, 1.165) is 25.7 Å². The second-order valence-electron chi connectivity index (χ2n) is 9.37. The lowest BCUT2D eigenvalue weighted by atomic mass is 9.76. The Hall–Kier alpha value is -2.24. The lowest BCUT2D eigenvalue weighted by Gasteiger charge is -2.48. The van der Waals surface area contributed by atoms with Crippen LogP contribution in [0.2, 0.25) is 0 Å². The number of hydrogen-bond acceptors (Lipinski definition) is 5. The van der Waals surface area contributed by atoms with E-state index in [-0.39, 0.29) is 29.9 Å². The zero-order valence-electron chi connectivity index (χ0n) is 17.6. The van der Waals surface area contributed by atoms with E-state index in [9.17, 15) is 9.59 Å². The van der Waals surface area contributed by atoms with Gasteiger partial charge in [-0.05, 0) is 71.1 Å². The molecule has 158 valence electrons. The Labute approximate surface area is 172 Å². The van der Waals surface area contributed by atoms with Crippen molar-refractivity contribution in [2.45, 2.75) is 77.0 Å². The van der Waals surface area contributed by atoms with Crippen LogP contribution < -0.4 is 9.47 Å². The van der Waals surface area contributed by atoms with E-state index in [1.165, 1.54) is 0 Å². The maximum Gasteiger partial charge on any atom is 0.410 e. The van der Waals surface area contributed by atoms with Gasteiger partial charge in [0.1, 0.15) is 5.60 Å². The quantitative estimate of drug-likeness (QED) is 0.678. The van der Waals surface area contributed by atoms with Crippen molar-refractivity contribution in [3.05, 3.63) is 23.8 Å². The van der Waals surface area contributed by atoms with Crippen molar-refractivity contribution in [3.8, 4) is 11.5 Å². The molecule has 3 heterocycles. The van der Waals surface area contributed by atoms with Crippen LogP contribution in [0, 0.1) is 5.92 Å². The molecule has 2 atom stereocenters. The largest absolute Gasteiger partial charge is 0.490 e. The van der Waals surface area contributed by atoms with E-state index >= 15 is 0 Å². The minimum absolute atomic E-state index is 0.0752. The maximum atomic E-state index is 13.3. The molecule has 0 spiro atoms. The molecule has 3 aliphatic rings. The van der Waals surface area contributed by atoms with Crippen LogP contribution in [-0.2, 0) is 4.74 Å². The summed E-state index contributed by atoms with van der Waals surface area (Å²) in [6, 6.07) is 5.65. The summed E-state index contributed by atoms with van der Waals surface area (Å²) in [6.45, 7) is 6.90. The van der Waals surface area contributed by atoms with Crippen molar-refractivity contribution in [1.29, 1.82) is 0 Å². The second-order valence-corrected chi connectivity index (χ2v) is 9.37. The molecule has 0 radical (unpaired) electrons.